The van der Waals surface area contributed by atoms with Crippen LogP contribution in [0.1, 0.15) is 15.9 Å². The molecule has 3 rings (SSSR count). The SMILES string of the molecule is NC(=Nc1ccc(S(N)(=O)=O)cc1)NC(=O)C(=Cc1ccc(Br)cc1)NC(=O)c1ccccc1. The number of primary sulfonamides is 1. The average molecular weight is 542 g/mol. The second kappa shape index (κ2) is 10.9. The van der Waals surface area contributed by atoms with Crippen LogP contribution in [-0.4, -0.2) is 26.2 Å². The van der Waals surface area contributed by atoms with Gasteiger partial charge in [-0.15, -0.1) is 0 Å². The first-order valence-electron chi connectivity index (χ1n) is 9.74. The monoisotopic (exact) mass is 541 g/mol. The van der Waals surface area contributed by atoms with E-state index < -0.39 is 21.8 Å². The maximum absolute atomic E-state index is 12.9. The molecule has 0 fully saturated rings. The zero-order chi connectivity index (χ0) is 24.7. The highest BCUT2D eigenvalue weighted by Crippen LogP contribution is 2.16. The number of carbonyl (C=O) groups is 2. The van der Waals surface area contributed by atoms with Gasteiger partial charge in [-0.25, -0.2) is 18.5 Å². The van der Waals surface area contributed by atoms with Crippen molar-refractivity contribution < 1.29 is 18.0 Å². The van der Waals surface area contributed by atoms with Gasteiger partial charge in [0.05, 0.1) is 10.6 Å². The smallest absolute Gasteiger partial charge is 0.274 e. The van der Waals surface area contributed by atoms with Crippen molar-refractivity contribution in [3.63, 3.8) is 0 Å². The zero-order valence-electron chi connectivity index (χ0n) is 17.6. The third kappa shape index (κ3) is 7.10. The van der Waals surface area contributed by atoms with E-state index >= 15 is 0 Å². The minimum Gasteiger partial charge on any atom is -0.369 e. The lowest BCUT2D eigenvalue weighted by molar-refractivity contribution is -0.116. The Kier molecular flexibility index (Phi) is 7.95. The number of nitrogens with one attached hydrogen (secondary N) is 2. The first-order chi connectivity index (χ1) is 16.1. The number of aliphatic imine (C=N–C) groups is 1. The summed E-state index contributed by atoms with van der Waals surface area (Å²) < 4.78 is 23.6. The fraction of sp³-hybridized carbons (Fsp3) is 0. The summed E-state index contributed by atoms with van der Waals surface area (Å²) in [7, 11) is -3.85. The Morgan fingerprint density at radius 3 is 2.09 bits per heavy atom. The van der Waals surface area contributed by atoms with E-state index in [0.29, 0.717) is 11.1 Å². The van der Waals surface area contributed by atoms with Gasteiger partial charge in [-0.1, -0.05) is 46.3 Å². The van der Waals surface area contributed by atoms with Crippen LogP contribution >= 0.6 is 15.9 Å². The highest BCUT2D eigenvalue weighted by Gasteiger charge is 2.16. The fourth-order valence-corrected chi connectivity index (χ4v) is 3.51. The van der Waals surface area contributed by atoms with E-state index in [9.17, 15) is 18.0 Å². The van der Waals surface area contributed by atoms with Crippen LogP contribution < -0.4 is 21.5 Å². The Hall–Kier alpha value is -3.80. The number of benzene rings is 3. The minimum absolute atomic E-state index is 0.0566. The molecule has 0 unspecified atom stereocenters. The first kappa shape index (κ1) is 24.8. The number of hydrogen-bond acceptors (Lipinski definition) is 5. The quantitative estimate of drug-likeness (QED) is 0.214. The number of hydrogen-bond donors (Lipinski definition) is 4. The molecular formula is C23H20BrN5O4S. The molecule has 0 saturated heterocycles. The summed E-state index contributed by atoms with van der Waals surface area (Å²) in [6.45, 7) is 0. The van der Waals surface area contributed by atoms with E-state index in [0.717, 1.165) is 4.47 Å². The van der Waals surface area contributed by atoms with Gasteiger partial charge in [0, 0.05) is 10.0 Å². The van der Waals surface area contributed by atoms with Crippen molar-refractivity contribution in [2.24, 2.45) is 15.9 Å². The van der Waals surface area contributed by atoms with Gasteiger partial charge in [-0.05, 0) is 60.2 Å². The molecule has 0 spiro atoms. The number of carbonyl (C=O) groups excluding carboxylic acids is 2. The first-order valence-corrected chi connectivity index (χ1v) is 12.1. The van der Waals surface area contributed by atoms with Gasteiger partial charge < -0.3 is 11.1 Å². The van der Waals surface area contributed by atoms with Crippen molar-refractivity contribution in [3.8, 4) is 0 Å². The van der Waals surface area contributed by atoms with Crippen LogP contribution in [0.5, 0.6) is 0 Å². The Bertz CT molecular complexity index is 1350. The fourth-order valence-electron chi connectivity index (χ4n) is 2.73. The Morgan fingerprint density at radius 2 is 1.50 bits per heavy atom. The van der Waals surface area contributed by atoms with Gasteiger partial charge in [-0.3, -0.25) is 14.9 Å². The summed E-state index contributed by atoms with van der Waals surface area (Å²) in [5.74, 6) is -1.44. The number of nitrogens with two attached hydrogens (primary N) is 2. The molecule has 34 heavy (non-hydrogen) atoms. The molecule has 174 valence electrons. The Morgan fingerprint density at radius 1 is 0.882 bits per heavy atom. The number of halogens is 1. The molecule has 0 aliphatic rings. The summed E-state index contributed by atoms with van der Waals surface area (Å²) >= 11 is 3.35. The van der Waals surface area contributed by atoms with Crippen molar-refractivity contribution in [3.05, 3.63) is 100 Å². The van der Waals surface area contributed by atoms with Crippen molar-refractivity contribution in [1.29, 1.82) is 0 Å². The van der Waals surface area contributed by atoms with Crippen molar-refractivity contribution in [2.75, 3.05) is 0 Å². The lowest BCUT2D eigenvalue weighted by Crippen LogP contribution is -2.41. The van der Waals surface area contributed by atoms with Gasteiger partial charge >= 0.3 is 0 Å². The second-order valence-electron chi connectivity index (χ2n) is 6.92. The van der Waals surface area contributed by atoms with E-state index in [-0.39, 0.29) is 22.2 Å². The number of guanidine groups is 1. The molecular weight excluding hydrogens is 522 g/mol. The zero-order valence-corrected chi connectivity index (χ0v) is 20.0. The van der Waals surface area contributed by atoms with Crippen LogP contribution in [0.2, 0.25) is 0 Å². The number of nitrogens with zero attached hydrogens (tertiary/aromatic N) is 1. The largest absolute Gasteiger partial charge is 0.369 e. The van der Waals surface area contributed by atoms with Crippen LogP contribution in [-0.2, 0) is 14.8 Å². The summed E-state index contributed by atoms with van der Waals surface area (Å²) in [6, 6.07) is 20.8. The van der Waals surface area contributed by atoms with Crippen molar-refractivity contribution in [2.45, 2.75) is 4.90 Å². The second-order valence-corrected chi connectivity index (χ2v) is 9.40. The summed E-state index contributed by atoms with van der Waals surface area (Å²) in [4.78, 5) is 29.5. The van der Waals surface area contributed by atoms with Gasteiger partial charge in [0.1, 0.15) is 5.70 Å². The molecule has 9 nitrogen and oxygen atoms in total. The Labute approximate surface area is 204 Å². The predicted molar refractivity (Wildman–Crippen MR) is 133 cm³/mol. The maximum Gasteiger partial charge on any atom is 0.274 e. The third-order valence-corrected chi connectivity index (χ3v) is 5.82. The third-order valence-electron chi connectivity index (χ3n) is 4.37. The molecule has 0 aliphatic heterocycles. The van der Waals surface area contributed by atoms with Crippen LogP contribution in [0.4, 0.5) is 5.69 Å². The predicted octanol–water partition coefficient (Wildman–Crippen LogP) is 2.63. The van der Waals surface area contributed by atoms with Crippen LogP contribution in [0, 0.1) is 0 Å². The molecule has 0 aliphatic carbocycles. The van der Waals surface area contributed by atoms with Crippen LogP contribution in [0.3, 0.4) is 0 Å². The van der Waals surface area contributed by atoms with Gasteiger partial charge in [0.15, 0.2) is 0 Å². The molecule has 0 radical (unpaired) electrons. The maximum atomic E-state index is 12.9. The standard InChI is InChI=1S/C23H20BrN5O4S/c24-17-8-6-15(7-9-17)14-20(28-21(30)16-4-2-1-3-5-16)22(31)29-23(25)27-18-10-12-19(13-11-18)34(26,32)33/h1-14H,(H,28,30)(H2,26,32,33)(H3,25,27,29,31). The van der Waals surface area contributed by atoms with E-state index in [1.807, 2.05) is 0 Å². The molecule has 2 amide bonds. The van der Waals surface area contributed by atoms with Gasteiger partial charge in [-0.2, -0.15) is 0 Å². The highest BCUT2D eigenvalue weighted by molar-refractivity contribution is 9.10. The topological polar surface area (TPSA) is 157 Å². The number of rotatable bonds is 6. The van der Waals surface area contributed by atoms with E-state index in [2.05, 4.69) is 31.6 Å². The van der Waals surface area contributed by atoms with Gasteiger partial charge in [0.2, 0.25) is 16.0 Å². The summed E-state index contributed by atoms with van der Waals surface area (Å²) in [5, 5.41) is 10.1. The molecule has 0 aromatic heterocycles. The summed E-state index contributed by atoms with van der Waals surface area (Å²) in [5.41, 5.74) is 7.12. The molecule has 6 N–H and O–H groups in total. The minimum atomic E-state index is -3.85. The lowest BCUT2D eigenvalue weighted by atomic mass is 10.1. The molecule has 0 saturated carbocycles. The molecule has 0 atom stereocenters. The number of amides is 2. The Balaban J connectivity index is 1.83. The lowest BCUT2D eigenvalue weighted by Gasteiger charge is -2.11. The molecule has 3 aromatic rings. The van der Waals surface area contributed by atoms with Crippen molar-refractivity contribution >= 4 is 55.5 Å². The molecule has 3 aromatic carbocycles. The molecule has 0 bridgehead atoms. The van der Waals surface area contributed by atoms with E-state index in [1.54, 1.807) is 54.6 Å². The van der Waals surface area contributed by atoms with Crippen LogP contribution in [0.15, 0.2) is 98.9 Å². The molecule has 0 heterocycles. The van der Waals surface area contributed by atoms with E-state index in [4.69, 9.17) is 10.9 Å². The van der Waals surface area contributed by atoms with Crippen LogP contribution in [0.25, 0.3) is 6.08 Å². The van der Waals surface area contributed by atoms with E-state index in [1.165, 1.54) is 30.3 Å². The number of sulfonamides is 1. The average Bonchev–Trinajstić information content (AvgIpc) is 2.80. The molecule has 11 heteroatoms. The van der Waals surface area contributed by atoms with Crippen molar-refractivity contribution in [1.82, 2.24) is 10.6 Å². The highest BCUT2D eigenvalue weighted by atomic mass is 79.9. The van der Waals surface area contributed by atoms with Gasteiger partial charge in [0.25, 0.3) is 11.8 Å². The normalized spacial score (nSPS) is 12.2. The summed E-state index contributed by atoms with van der Waals surface area (Å²) in [6.07, 6.45) is 1.50.